The van der Waals surface area contributed by atoms with Crippen molar-refractivity contribution >= 4 is 39.1 Å². The maximum absolute atomic E-state index is 13.2. The predicted molar refractivity (Wildman–Crippen MR) is 120 cm³/mol. The van der Waals surface area contributed by atoms with Crippen LogP contribution in [0, 0.1) is 18.6 Å². The summed E-state index contributed by atoms with van der Waals surface area (Å²) in [7, 11) is 1.55. The minimum absolute atomic E-state index is 0.148. The van der Waals surface area contributed by atoms with E-state index in [0.717, 1.165) is 21.5 Å². The Balaban J connectivity index is 1.47. The Hall–Kier alpha value is -3.59. The van der Waals surface area contributed by atoms with Crippen molar-refractivity contribution in [1.29, 1.82) is 0 Å². The number of hydrogen-bond acceptors (Lipinski definition) is 4. The Kier molecular flexibility index (Phi) is 6.00. The van der Waals surface area contributed by atoms with E-state index in [9.17, 15) is 18.4 Å². The molecule has 0 saturated heterocycles. The topological polar surface area (TPSA) is 67.2 Å². The van der Waals surface area contributed by atoms with E-state index in [0.29, 0.717) is 17.1 Å². The van der Waals surface area contributed by atoms with E-state index in [2.05, 4.69) is 10.4 Å². The van der Waals surface area contributed by atoms with Crippen molar-refractivity contribution in [2.24, 2.45) is 0 Å². The van der Waals surface area contributed by atoms with Gasteiger partial charge in [-0.05, 0) is 55.0 Å². The first-order valence-corrected chi connectivity index (χ1v) is 10.6. The van der Waals surface area contributed by atoms with E-state index in [1.165, 1.54) is 52.6 Å². The molecule has 0 spiro atoms. The van der Waals surface area contributed by atoms with Gasteiger partial charge in [0.05, 0.1) is 23.7 Å². The van der Waals surface area contributed by atoms with Crippen LogP contribution in [0.1, 0.15) is 20.9 Å². The molecule has 2 amide bonds. The summed E-state index contributed by atoms with van der Waals surface area (Å²) in [5, 5.41) is 8.04. The normalized spacial score (nSPS) is 11.0. The molecule has 4 aromatic rings. The van der Waals surface area contributed by atoms with Crippen molar-refractivity contribution in [1.82, 2.24) is 14.7 Å². The van der Waals surface area contributed by atoms with Crippen LogP contribution in [-0.4, -0.2) is 40.1 Å². The van der Waals surface area contributed by atoms with Gasteiger partial charge in [0.25, 0.3) is 5.91 Å². The maximum atomic E-state index is 13.2. The van der Waals surface area contributed by atoms with E-state index < -0.39 is 5.82 Å². The standard InChI is InChI=1S/C23H20F2N4O2S/c1-14-19-11-20(32-23(19)29(27-14)12-15-3-5-16(24)6-4-15)22(31)28(2)13-21(30)26-18-9-7-17(25)8-10-18/h3-11H,12-13H2,1-2H3,(H,26,30). The monoisotopic (exact) mass is 454 g/mol. The number of nitrogens with one attached hydrogen (secondary N) is 1. The van der Waals surface area contributed by atoms with Gasteiger partial charge in [-0.25, -0.2) is 8.78 Å². The molecular formula is C23H20F2N4O2S. The molecule has 32 heavy (non-hydrogen) atoms. The number of amides is 2. The Morgan fingerprint density at radius 3 is 2.34 bits per heavy atom. The highest BCUT2D eigenvalue weighted by Crippen LogP contribution is 2.29. The second-order valence-corrected chi connectivity index (χ2v) is 8.45. The summed E-state index contributed by atoms with van der Waals surface area (Å²) < 4.78 is 28.0. The fourth-order valence-corrected chi connectivity index (χ4v) is 4.45. The SMILES string of the molecule is Cc1nn(Cc2ccc(F)cc2)c2sc(C(=O)N(C)CC(=O)Nc3ccc(F)cc3)cc12. The molecule has 6 nitrogen and oxygen atoms in total. The first-order valence-electron chi connectivity index (χ1n) is 9.82. The van der Waals surface area contributed by atoms with Gasteiger partial charge in [0.1, 0.15) is 16.5 Å². The number of halogens is 2. The molecule has 2 aromatic carbocycles. The number of carbonyl (C=O) groups is 2. The van der Waals surface area contributed by atoms with Crippen LogP contribution in [0.25, 0.3) is 10.2 Å². The fraction of sp³-hybridized carbons (Fsp3) is 0.174. The van der Waals surface area contributed by atoms with Crippen LogP contribution in [0.4, 0.5) is 14.5 Å². The molecule has 4 rings (SSSR count). The molecule has 0 aliphatic heterocycles. The summed E-state index contributed by atoms with van der Waals surface area (Å²) in [5.41, 5.74) is 2.14. The van der Waals surface area contributed by atoms with E-state index >= 15 is 0 Å². The van der Waals surface area contributed by atoms with Gasteiger partial charge < -0.3 is 10.2 Å². The molecule has 0 fully saturated rings. The molecule has 164 valence electrons. The van der Waals surface area contributed by atoms with Crippen LogP contribution < -0.4 is 5.32 Å². The number of carbonyl (C=O) groups excluding carboxylic acids is 2. The number of aryl methyl sites for hydroxylation is 1. The van der Waals surface area contributed by atoms with Gasteiger partial charge in [0, 0.05) is 18.1 Å². The van der Waals surface area contributed by atoms with Gasteiger partial charge in [-0.1, -0.05) is 12.1 Å². The van der Waals surface area contributed by atoms with Gasteiger partial charge in [0.2, 0.25) is 5.91 Å². The molecule has 0 bridgehead atoms. The Morgan fingerprint density at radius 2 is 1.69 bits per heavy atom. The largest absolute Gasteiger partial charge is 0.332 e. The summed E-state index contributed by atoms with van der Waals surface area (Å²) >= 11 is 1.30. The summed E-state index contributed by atoms with van der Waals surface area (Å²) in [6.45, 7) is 2.17. The van der Waals surface area contributed by atoms with Crippen molar-refractivity contribution in [3.8, 4) is 0 Å². The van der Waals surface area contributed by atoms with Crippen LogP contribution in [-0.2, 0) is 11.3 Å². The smallest absolute Gasteiger partial charge is 0.264 e. The average Bonchev–Trinajstić information content (AvgIpc) is 3.32. The van der Waals surface area contributed by atoms with Crippen molar-refractivity contribution in [3.05, 3.63) is 82.4 Å². The molecule has 2 aromatic heterocycles. The number of fused-ring (bicyclic) bond motifs is 1. The Morgan fingerprint density at radius 1 is 1.06 bits per heavy atom. The van der Waals surface area contributed by atoms with Crippen molar-refractivity contribution < 1.29 is 18.4 Å². The number of nitrogens with zero attached hydrogens (tertiary/aromatic N) is 3. The van der Waals surface area contributed by atoms with Gasteiger partial charge in [0.15, 0.2) is 0 Å². The van der Waals surface area contributed by atoms with Crippen LogP contribution in [0.3, 0.4) is 0 Å². The minimum atomic E-state index is -0.395. The molecule has 9 heteroatoms. The van der Waals surface area contributed by atoms with Gasteiger partial charge in [-0.15, -0.1) is 11.3 Å². The van der Waals surface area contributed by atoms with Crippen LogP contribution >= 0.6 is 11.3 Å². The molecule has 2 heterocycles. The third kappa shape index (κ3) is 4.67. The van der Waals surface area contributed by atoms with Gasteiger partial charge in [-0.2, -0.15) is 5.10 Å². The molecule has 0 atom stereocenters. The maximum Gasteiger partial charge on any atom is 0.264 e. The minimum Gasteiger partial charge on any atom is -0.332 e. The lowest BCUT2D eigenvalue weighted by Gasteiger charge is -2.16. The number of anilines is 1. The molecule has 0 aliphatic carbocycles. The van der Waals surface area contributed by atoms with E-state index in [4.69, 9.17) is 0 Å². The first kappa shape index (κ1) is 21.6. The summed E-state index contributed by atoms with van der Waals surface area (Å²) in [6.07, 6.45) is 0. The zero-order chi connectivity index (χ0) is 22.8. The lowest BCUT2D eigenvalue weighted by Crippen LogP contribution is -2.34. The summed E-state index contributed by atoms with van der Waals surface area (Å²) in [4.78, 5) is 27.8. The predicted octanol–water partition coefficient (Wildman–Crippen LogP) is 4.44. The third-order valence-corrected chi connectivity index (χ3v) is 6.06. The Labute approximate surface area is 187 Å². The van der Waals surface area contributed by atoms with E-state index in [1.54, 1.807) is 29.9 Å². The van der Waals surface area contributed by atoms with E-state index in [-0.39, 0.29) is 24.2 Å². The van der Waals surface area contributed by atoms with Gasteiger partial charge >= 0.3 is 0 Å². The molecule has 0 aliphatic rings. The molecule has 0 saturated carbocycles. The van der Waals surface area contributed by atoms with Crippen LogP contribution in [0.2, 0.25) is 0 Å². The molecule has 0 radical (unpaired) electrons. The molecule has 0 unspecified atom stereocenters. The van der Waals surface area contributed by atoms with E-state index in [1.807, 2.05) is 6.92 Å². The number of likely N-dealkylation sites (N-methyl/N-ethyl adjacent to an activating group) is 1. The summed E-state index contributed by atoms with van der Waals surface area (Å²) in [5.74, 6) is -1.36. The second kappa shape index (κ2) is 8.88. The third-order valence-electron chi connectivity index (χ3n) is 4.92. The highest BCUT2D eigenvalue weighted by molar-refractivity contribution is 7.20. The van der Waals surface area contributed by atoms with Crippen LogP contribution in [0.15, 0.2) is 54.6 Å². The number of hydrogen-bond donors (Lipinski definition) is 1. The first-order chi connectivity index (χ1) is 15.3. The highest BCUT2D eigenvalue weighted by Gasteiger charge is 2.20. The summed E-state index contributed by atoms with van der Waals surface area (Å²) in [6, 6.07) is 13.4. The second-order valence-electron chi connectivity index (χ2n) is 7.42. The van der Waals surface area contributed by atoms with Crippen molar-refractivity contribution in [2.45, 2.75) is 13.5 Å². The number of benzene rings is 2. The molecular weight excluding hydrogens is 434 g/mol. The lowest BCUT2D eigenvalue weighted by molar-refractivity contribution is -0.116. The van der Waals surface area contributed by atoms with Gasteiger partial charge in [-0.3, -0.25) is 14.3 Å². The zero-order valence-corrected chi connectivity index (χ0v) is 18.2. The Bertz CT molecular complexity index is 1280. The highest BCUT2D eigenvalue weighted by atomic mass is 32.1. The molecule has 1 N–H and O–H groups in total. The quantitative estimate of drug-likeness (QED) is 0.468. The number of thiophene rings is 1. The fourth-order valence-electron chi connectivity index (χ4n) is 3.30. The average molecular weight is 455 g/mol. The lowest BCUT2D eigenvalue weighted by atomic mass is 10.2. The van der Waals surface area contributed by atoms with Crippen molar-refractivity contribution in [3.63, 3.8) is 0 Å². The number of aromatic nitrogens is 2. The van der Waals surface area contributed by atoms with Crippen molar-refractivity contribution in [2.75, 3.05) is 18.9 Å². The zero-order valence-electron chi connectivity index (χ0n) is 17.4. The van der Waals surface area contributed by atoms with Crippen LogP contribution in [0.5, 0.6) is 0 Å². The number of rotatable bonds is 6.